The zero-order valence-electron chi connectivity index (χ0n) is 11.6. The molecule has 0 amide bonds. The van der Waals surface area contributed by atoms with E-state index in [0.29, 0.717) is 24.7 Å². The first-order chi connectivity index (χ1) is 9.60. The molecule has 5 heteroatoms. The van der Waals surface area contributed by atoms with E-state index in [1.807, 2.05) is 6.92 Å². The number of carbonyl (C=O) groups excluding carboxylic acids is 1. The Morgan fingerprint density at radius 2 is 2.35 bits per heavy atom. The van der Waals surface area contributed by atoms with Crippen molar-refractivity contribution < 1.29 is 13.9 Å². The largest absolute Gasteiger partial charge is 0.466 e. The van der Waals surface area contributed by atoms with Crippen LogP contribution in [0.4, 0.5) is 4.39 Å². The van der Waals surface area contributed by atoms with E-state index in [1.165, 1.54) is 12.1 Å². The molecule has 3 nitrogen and oxygen atoms in total. The number of nitrogens with zero attached hydrogens (tertiary/aromatic N) is 1. The summed E-state index contributed by atoms with van der Waals surface area (Å²) < 4.78 is 18.3. The lowest BCUT2D eigenvalue weighted by molar-refractivity contribution is -0.150. The Hall–Kier alpha value is -1.13. The van der Waals surface area contributed by atoms with Crippen LogP contribution in [-0.2, 0) is 16.1 Å². The topological polar surface area (TPSA) is 29.5 Å². The zero-order valence-corrected chi connectivity index (χ0v) is 12.3. The number of rotatable bonds is 4. The summed E-state index contributed by atoms with van der Waals surface area (Å²) in [7, 11) is 0. The molecule has 0 aliphatic carbocycles. The van der Waals surface area contributed by atoms with Crippen molar-refractivity contribution in [1.29, 1.82) is 0 Å². The molecule has 0 spiro atoms. The Labute approximate surface area is 123 Å². The van der Waals surface area contributed by atoms with Crippen molar-refractivity contribution in [2.75, 3.05) is 19.7 Å². The van der Waals surface area contributed by atoms with Crippen molar-refractivity contribution in [3.63, 3.8) is 0 Å². The molecule has 1 aromatic rings. The third-order valence-corrected chi connectivity index (χ3v) is 3.90. The lowest BCUT2D eigenvalue weighted by Crippen LogP contribution is -2.39. The van der Waals surface area contributed by atoms with Crippen molar-refractivity contribution in [2.24, 2.45) is 5.92 Å². The molecule has 1 aliphatic rings. The molecular formula is C15H19ClFNO2. The van der Waals surface area contributed by atoms with Gasteiger partial charge in [0.05, 0.1) is 12.5 Å². The summed E-state index contributed by atoms with van der Waals surface area (Å²) in [6, 6.07) is 4.37. The summed E-state index contributed by atoms with van der Waals surface area (Å²) in [5.41, 5.74) is 0.760. The molecule has 20 heavy (non-hydrogen) atoms. The van der Waals surface area contributed by atoms with Crippen LogP contribution >= 0.6 is 11.6 Å². The van der Waals surface area contributed by atoms with Crippen LogP contribution in [0.25, 0.3) is 0 Å². The van der Waals surface area contributed by atoms with E-state index in [-0.39, 0.29) is 17.7 Å². The third kappa shape index (κ3) is 3.93. The van der Waals surface area contributed by atoms with Gasteiger partial charge in [-0.15, -0.1) is 0 Å². The fourth-order valence-corrected chi connectivity index (χ4v) is 2.73. The van der Waals surface area contributed by atoms with E-state index in [0.717, 1.165) is 24.9 Å². The highest BCUT2D eigenvalue weighted by molar-refractivity contribution is 6.31. The predicted octanol–water partition coefficient (Wildman–Crippen LogP) is 3.25. The van der Waals surface area contributed by atoms with Gasteiger partial charge in [0.25, 0.3) is 0 Å². The predicted molar refractivity (Wildman–Crippen MR) is 76.0 cm³/mol. The van der Waals surface area contributed by atoms with E-state index in [4.69, 9.17) is 16.3 Å². The third-order valence-electron chi connectivity index (χ3n) is 3.53. The maximum atomic E-state index is 13.3. The number of likely N-dealkylation sites (tertiary alicyclic amines) is 1. The Kier molecular flexibility index (Phi) is 5.38. The molecule has 0 radical (unpaired) electrons. The van der Waals surface area contributed by atoms with Crippen LogP contribution in [0.3, 0.4) is 0 Å². The van der Waals surface area contributed by atoms with Crippen molar-refractivity contribution in [3.05, 3.63) is 34.6 Å². The van der Waals surface area contributed by atoms with Crippen LogP contribution < -0.4 is 0 Å². The number of ether oxygens (including phenoxy) is 1. The van der Waals surface area contributed by atoms with Crippen molar-refractivity contribution >= 4 is 17.6 Å². The SMILES string of the molecule is CCOC(=O)[C@@H]1CCCN(Cc2cc(F)ccc2Cl)C1. The first kappa shape index (κ1) is 15.3. The average Bonchev–Trinajstić information content (AvgIpc) is 2.43. The van der Waals surface area contributed by atoms with Gasteiger partial charge in [0.1, 0.15) is 5.82 Å². The van der Waals surface area contributed by atoms with Gasteiger partial charge in [-0.2, -0.15) is 0 Å². The Bertz CT molecular complexity index is 481. The maximum absolute atomic E-state index is 13.3. The molecule has 1 saturated heterocycles. The smallest absolute Gasteiger partial charge is 0.310 e. The summed E-state index contributed by atoms with van der Waals surface area (Å²) in [5, 5.41) is 0.560. The van der Waals surface area contributed by atoms with Gasteiger partial charge in [-0.1, -0.05) is 11.6 Å². The summed E-state index contributed by atoms with van der Waals surface area (Å²) in [6.45, 7) is 4.32. The van der Waals surface area contributed by atoms with Crippen molar-refractivity contribution in [3.8, 4) is 0 Å². The second-order valence-electron chi connectivity index (χ2n) is 5.06. The number of piperidine rings is 1. The molecule has 1 heterocycles. The van der Waals surface area contributed by atoms with E-state index >= 15 is 0 Å². The molecule has 0 bridgehead atoms. The van der Waals surface area contributed by atoms with Crippen LogP contribution in [0, 0.1) is 11.7 Å². The van der Waals surface area contributed by atoms with Crippen LogP contribution in [0.2, 0.25) is 5.02 Å². The van der Waals surface area contributed by atoms with Gasteiger partial charge in [0, 0.05) is 18.1 Å². The summed E-state index contributed by atoms with van der Waals surface area (Å²) in [5.74, 6) is -0.512. The number of esters is 1. The van der Waals surface area contributed by atoms with Gasteiger partial charge >= 0.3 is 5.97 Å². The number of halogens is 2. The van der Waals surface area contributed by atoms with E-state index in [9.17, 15) is 9.18 Å². The second-order valence-corrected chi connectivity index (χ2v) is 5.47. The highest BCUT2D eigenvalue weighted by Crippen LogP contribution is 2.23. The minimum absolute atomic E-state index is 0.0870. The van der Waals surface area contributed by atoms with Gasteiger partial charge in [-0.3, -0.25) is 9.69 Å². The van der Waals surface area contributed by atoms with Crippen LogP contribution in [-0.4, -0.2) is 30.6 Å². The van der Waals surface area contributed by atoms with E-state index < -0.39 is 0 Å². The van der Waals surface area contributed by atoms with Crippen molar-refractivity contribution in [2.45, 2.75) is 26.3 Å². The minimum atomic E-state index is -0.289. The quantitative estimate of drug-likeness (QED) is 0.799. The average molecular weight is 300 g/mol. The number of carbonyl (C=O) groups is 1. The van der Waals surface area contributed by atoms with Gasteiger partial charge < -0.3 is 4.74 Å². The van der Waals surface area contributed by atoms with Crippen LogP contribution in [0.1, 0.15) is 25.3 Å². The molecule has 0 N–H and O–H groups in total. The molecule has 0 unspecified atom stereocenters. The zero-order chi connectivity index (χ0) is 14.5. The number of benzene rings is 1. The first-order valence-corrected chi connectivity index (χ1v) is 7.31. The normalized spacial score (nSPS) is 19.9. The first-order valence-electron chi connectivity index (χ1n) is 6.93. The lowest BCUT2D eigenvalue weighted by atomic mass is 9.97. The minimum Gasteiger partial charge on any atom is -0.466 e. The Morgan fingerprint density at radius 1 is 1.55 bits per heavy atom. The molecule has 0 saturated carbocycles. The van der Waals surface area contributed by atoms with Gasteiger partial charge in [0.2, 0.25) is 0 Å². The molecule has 1 aromatic carbocycles. The van der Waals surface area contributed by atoms with Gasteiger partial charge in [-0.05, 0) is 50.1 Å². The van der Waals surface area contributed by atoms with E-state index in [2.05, 4.69) is 4.90 Å². The second kappa shape index (κ2) is 7.04. The van der Waals surface area contributed by atoms with Crippen LogP contribution in [0.15, 0.2) is 18.2 Å². The highest BCUT2D eigenvalue weighted by Gasteiger charge is 2.27. The molecular weight excluding hydrogens is 281 g/mol. The van der Waals surface area contributed by atoms with Crippen molar-refractivity contribution in [1.82, 2.24) is 4.90 Å². The highest BCUT2D eigenvalue weighted by atomic mass is 35.5. The Balaban J connectivity index is 1.99. The molecule has 0 aromatic heterocycles. The fourth-order valence-electron chi connectivity index (χ4n) is 2.56. The molecule has 1 atom stereocenters. The molecule has 1 fully saturated rings. The maximum Gasteiger partial charge on any atom is 0.310 e. The summed E-state index contributed by atoms with van der Waals surface area (Å²) in [4.78, 5) is 13.9. The summed E-state index contributed by atoms with van der Waals surface area (Å²) in [6.07, 6.45) is 1.79. The summed E-state index contributed by atoms with van der Waals surface area (Å²) >= 11 is 6.08. The Morgan fingerprint density at radius 3 is 3.10 bits per heavy atom. The number of hydrogen-bond donors (Lipinski definition) is 0. The van der Waals surface area contributed by atoms with E-state index in [1.54, 1.807) is 6.07 Å². The molecule has 110 valence electrons. The monoisotopic (exact) mass is 299 g/mol. The van der Waals surface area contributed by atoms with Gasteiger partial charge in [0.15, 0.2) is 0 Å². The van der Waals surface area contributed by atoms with Crippen LogP contribution in [0.5, 0.6) is 0 Å². The lowest BCUT2D eigenvalue weighted by Gasteiger charge is -2.31. The number of hydrogen-bond acceptors (Lipinski definition) is 3. The van der Waals surface area contributed by atoms with Gasteiger partial charge in [-0.25, -0.2) is 4.39 Å². The fraction of sp³-hybridized carbons (Fsp3) is 0.533. The molecule has 1 aliphatic heterocycles. The molecule has 2 rings (SSSR count). The standard InChI is InChI=1S/C15H19ClFNO2/c1-2-20-15(19)11-4-3-7-18(9-11)10-12-8-13(17)5-6-14(12)16/h5-6,8,11H,2-4,7,9-10H2,1H3/t11-/m1/s1.